The van der Waals surface area contributed by atoms with Crippen molar-refractivity contribution in [2.24, 2.45) is 0 Å². The molecule has 1 atom stereocenters. The van der Waals surface area contributed by atoms with Crippen LogP contribution in [-0.2, 0) is 24.7 Å². The lowest BCUT2D eigenvalue weighted by Crippen LogP contribution is -2.38. The fourth-order valence-corrected chi connectivity index (χ4v) is 3.97. The van der Waals surface area contributed by atoms with Crippen LogP contribution in [0, 0.1) is 0 Å². The highest BCUT2D eigenvalue weighted by molar-refractivity contribution is 5.42. The van der Waals surface area contributed by atoms with Crippen molar-refractivity contribution in [1.82, 2.24) is 9.97 Å². The van der Waals surface area contributed by atoms with Gasteiger partial charge in [-0.3, -0.25) is 9.78 Å². The van der Waals surface area contributed by atoms with Crippen LogP contribution >= 0.6 is 0 Å². The number of aromatic nitrogens is 2. The first-order valence-electron chi connectivity index (χ1n) is 7.11. The molecule has 2 aliphatic carbocycles. The quantitative estimate of drug-likeness (QED) is 0.759. The highest BCUT2D eigenvalue weighted by atomic mass is 16.2. The zero-order valence-electron chi connectivity index (χ0n) is 11.2. The second-order valence-corrected chi connectivity index (χ2v) is 5.98. The maximum absolute atomic E-state index is 11.9. The summed E-state index contributed by atoms with van der Waals surface area (Å²) in [5.41, 5.74) is 3.93. The van der Waals surface area contributed by atoms with E-state index in [-0.39, 0.29) is 11.0 Å². The van der Waals surface area contributed by atoms with Crippen LogP contribution in [0.4, 0.5) is 0 Å². The molecule has 1 aromatic heterocycles. The SMILES string of the molecule is O=c1[nH]c2c(c(=O)[nH]1)CCC1(CCc3ccccc31)C2. The third kappa shape index (κ3) is 1.54. The van der Waals surface area contributed by atoms with Crippen LogP contribution in [0.2, 0.25) is 0 Å². The Morgan fingerprint density at radius 3 is 2.70 bits per heavy atom. The number of H-pyrrole nitrogens is 2. The second kappa shape index (κ2) is 3.95. The van der Waals surface area contributed by atoms with E-state index in [4.69, 9.17) is 0 Å². The Morgan fingerprint density at radius 2 is 1.80 bits per heavy atom. The van der Waals surface area contributed by atoms with Crippen LogP contribution in [0.5, 0.6) is 0 Å². The monoisotopic (exact) mass is 268 g/mol. The Bertz CT molecular complexity index is 803. The van der Waals surface area contributed by atoms with Crippen molar-refractivity contribution < 1.29 is 0 Å². The third-order valence-corrected chi connectivity index (χ3v) is 4.96. The maximum Gasteiger partial charge on any atom is 0.325 e. The minimum atomic E-state index is -0.392. The first-order valence-corrected chi connectivity index (χ1v) is 7.11. The van der Waals surface area contributed by atoms with Crippen molar-refractivity contribution in [1.29, 1.82) is 0 Å². The van der Waals surface area contributed by atoms with E-state index in [9.17, 15) is 9.59 Å². The van der Waals surface area contributed by atoms with E-state index in [2.05, 4.69) is 34.2 Å². The molecule has 4 heteroatoms. The van der Waals surface area contributed by atoms with Gasteiger partial charge in [0, 0.05) is 16.7 Å². The maximum atomic E-state index is 11.9. The summed E-state index contributed by atoms with van der Waals surface area (Å²) in [6, 6.07) is 8.57. The summed E-state index contributed by atoms with van der Waals surface area (Å²) in [5, 5.41) is 0. The fourth-order valence-electron chi connectivity index (χ4n) is 3.97. The number of benzene rings is 1. The molecular formula is C16H16N2O2. The zero-order valence-corrected chi connectivity index (χ0v) is 11.2. The van der Waals surface area contributed by atoms with Gasteiger partial charge >= 0.3 is 5.69 Å². The van der Waals surface area contributed by atoms with Gasteiger partial charge in [0.2, 0.25) is 0 Å². The predicted octanol–water partition coefficient (Wildman–Crippen LogP) is 1.44. The van der Waals surface area contributed by atoms with Gasteiger partial charge in [0.05, 0.1) is 0 Å². The van der Waals surface area contributed by atoms with Gasteiger partial charge in [0.15, 0.2) is 0 Å². The lowest BCUT2D eigenvalue weighted by molar-refractivity contribution is 0.361. The first-order chi connectivity index (χ1) is 9.68. The molecule has 0 fully saturated rings. The van der Waals surface area contributed by atoms with Crippen molar-refractivity contribution in [3.63, 3.8) is 0 Å². The minimum absolute atomic E-state index is 0.111. The molecule has 20 heavy (non-hydrogen) atoms. The summed E-state index contributed by atoms with van der Waals surface area (Å²) in [5.74, 6) is 0. The van der Waals surface area contributed by atoms with E-state index in [1.807, 2.05) is 0 Å². The molecule has 1 heterocycles. The predicted molar refractivity (Wildman–Crippen MR) is 76.1 cm³/mol. The average molecular weight is 268 g/mol. The van der Waals surface area contributed by atoms with Gasteiger partial charge in [-0.25, -0.2) is 4.79 Å². The van der Waals surface area contributed by atoms with Gasteiger partial charge in [-0.2, -0.15) is 0 Å². The van der Waals surface area contributed by atoms with Crippen LogP contribution in [-0.4, -0.2) is 9.97 Å². The summed E-state index contributed by atoms with van der Waals surface area (Å²) >= 11 is 0. The first kappa shape index (κ1) is 11.7. The molecule has 0 saturated carbocycles. The minimum Gasteiger partial charge on any atom is -0.311 e. The van der Waals surface area contributed by atoms with Gasteiger partial charge < -0.3 is 4.98 Å². The highest BCUT2D eigenvalue weighted by Gasteiger charge is 2.41. The zero-order chi connectivity index (χ0) is 13.7. The molecule has 0 aliphatic heterocycles. The number of rotatable bonds is 0. The van der Waals surface area contributed by atoms with E-state index < -0.39 is 5.69 Å². The lowest BCUT2D eigenvalue weighted by atomic mass is 9.70. The number of aryl methyl sites for hydroxylation is 1. The van der Waals surface area contributed by atoms with Crippen LogP contribution in [0.15, 0.2) is 33.9 Å². The molecular weight excluding hydrogens is 252 g/mol. The largest absolute Gasteiger partial charge is 0.325 e. The van der Waals surface area contributed by atoms with Crippen LogP contribution in [0.3, 0.4) is 0 Å². The molecule has 1 aromatic carbocycles. The summed E-state index contributed by atoms with van der Waals surface area (Å²) in [6.45, 7) is 0. The molecule has 2 N–H and O–H groups in total. The van der Waals surface area contributed by atoms with Crippen molar-refractivity contribution in [2.75, 3.05) is 0 Å². The molecule has 102 valence electrons. The van der Waals surface area contributed by atoms with E-state index >= 15 is 0 Å². The smallest absolute Gasteiger partial charge is 0.311 e. The van der Waals surface area contributed by atoms with E-state index in [1.54, 1.807) is 0 Å². The van der Waals surface area contributed by atoms with E-state index in [0.717, 1.165) is 43.4 Å². The van der Waals surface area contributed by atoms with Crippen molar-refractivity contribution in [3.05, 3.63) is 67.5 Å². The number of hydrogen-bond acceptors (Lipinski definition) is 2. The highest BCUT2D eigenvalue weighted by Crippen LogP contribution is 2.46. The van der Waals surface area contributed by atoms with Crippen LogP contribution in [0.1, 0.15) is 35.2 Å². The summed E-state index contributed by atoms with van der Waals surface area (Å²) < 4.78 is 0. The van der Waals surface area contributed by atoms with Crippen LogP contribution < -0.4 is 11.2 Å². The molecule has 1 spiro atoms. The number of fused-ring (bicyclic) bond motifs is 3. The van der Waals surface area contributed by atoms with Gasteiger partial charge in [0.25, 0.3) is 5.56 Å². The van der Waals surface area contributed by atoms with Crippen molar-refractivity contribution in [3.8, 4) is 0 Å². The lowest BCUT2D eigenvalue weighted by Gasteiger charge is -2.35. The van der Waals surface area contributed by atoms with Gasteiger partial charge in [-0.05, 0) is 43.2 Å². The molecule has 0 bridgehead atoms. The van der Waals surface area contributed by atoms with E-state index in [1.165, 1.54) is 11.1 Å². The topological polar surface area (TPSA) is 65.7 Å². The summed E-state index contributed by atoms with van der Waals surface area (Å²) in [7, 11) is 0. The molecule has 1 unspecified atom stereocenters. The standard InChI is InChI=1S/C16H16N2O2/c19-14-11-6-8-16(9-13(11)17-15(20)18-14)7-5-10-3-1-2-4-12(10)16/h1-4H,5-9H2,(H2,17,18,19,20). The van der Waals surface area contributed by atoms with Gasteiger partial charge in [0.1, 0.15) is 0 Å². The van der Waals surface area contributed by atoms with Crippen molar-refractivity contribution in [2.45, 2.75) is 37.5 Å². The molecule has 0 radical (unpaired) electrons. The number of aromatic amines is 2. The Kier molecular flexibility index (Phi) is 2.31. The summed E-state index contributed by atoms with van der Waals surface area (Å²) in [4.78, 5) is 28.5. The molecule has 4 rings (SSSR count). The van der Waals surface area contributed by atoms with Gasteiger partial charge in [-0.1, -0.05) is 24.3 Å². The molecule has 2 aromatic rings. The van der Waals surface area contributed by atoms with E-state index in [0.29, 0.717) is 0 Å². The second-order valence-electron chi connectivity index (χ2n) is 5.98. The van der Waals surface area contributed by atoms with Crippen molar-refractivity contribution >= 4 is 0 Å². The summed E-state index contributed by atoms with van der Waals surface area (Å²) in [6.07, 6.45) is 4.72. The molecule has 0 saturated heterocycles. The Morgan fingerprint density at radius 1 is 1.00 bits per heavy atom. The van der Waals surface area contributed by atoms with Gasteiger partial charge in [-0.15, -0.1) is 0 Å². The normalized spacial score (nSPS) is 23.6. The Labute approximate surface area is 115 Å². The van der Waals surface area contributed by atoms with Crippen LogP contribution in [0.25, 0.3) is 0 Å². The Balaban J connectivity index is 1.85. The third-order valence-electron chi connectivity index (χ3n) is 4.96. The Hall–Kier alpha value is -2.10. The number of hydrogen-bond donors (Lipinski definition) is 2. The molecule has 4 nitrogen and oxygen atoms in total. The average Bonchev–Trinajstić information content (AvgIpc) is 2.77. The fraction of sp³-hybridized carbons (Fsp3) is 0.375. The number of nitrogens with one attached hydrogen (secondary N) is 2. The molecule has 0 amide bonds. The molecule has 2 aliphatic rings.